The van der Waals surface area contributed by atoms with Crippen LogP contribution in [-0.4, -0.2) is 26.6 Å². The van der Waals surface area contributed by atoms with Crippen molar-refractivity contribution in [3.8, 4) is 5.75 Å². The fraction of sp³-hybridized carbons (Fsp3) is 0.154. The summed E-state index contributed by atoms with van der Waals surface area (Å²) in [6, 6.07) is 5.83. The number of ether oxygens (including phenoxy) is 1. The number of fused-ring (bicyclic) bond motifs is 1. The summed E-state index contributed by atoms with van der Waals surface area (Å²) in [7, 11) is 1.65. The minimum atomic E-state index is 0.387. The lowest BCUT2D eigenvalue weighted by atomic mass is 10.2. The standard InChI is InChI=1S/C13H12BrN5O/c1-20-9-2-3-10(14)8(4-9)5-19-7-18-11-12(15)16-6-17-13(11)19/h2-4,6-7H,5H2,1H3,(H2,15,16,17). The third kappa shape index (κ3) is 2.20. The lowest BCUT2D eigenvalue weighted by molar-refractivity contribution is 0.414. The van der Waals surface area contributed by atoms with E-state index in [0.29, 0.717) is 23.5 Å². The van der Waals surface area contributed by atoms with Gasteiger partial charge in [0, 0.05) is 4.47 Å². The Hall–Kier alpha value is -2.15. The number of methoxy groups -OCH3 is 1. The molecule has 0 radical (unpaired) electrons. The van der Waals surface area contributed by atoms with Gasteiger partial charge in [-0.1, -0.05) is 15.9 Å². The fourth-order valence-corrected chi connectivity index (χ4v) is 2.37. The number of anilines is 1. The number of aromatic nitrogens is 4. The average molecular weight is 334 g/mol. The van der Waals surface area contributed by atoms with Crippen LogP contribution >= 0.6 is 15.9 Å². The Morgan fingerprint density at radius 1 is 1.30 bits per heavy atom. The summed E-state index contributed by atoms with van der Waals surface area (Å²) in [6.07, 6.45) is 3.15. The Kier molecular flexibility index (Phi) is 3.27. The van der Waals surface area contributed by atoms with Crippen molar-refractivity contribution in [2.75, 3.05) is 12.8 Å². The zero-order valence-electron chi connectivity index (χ0n) is 10.7. The molecule has 3 rings (SSSR count). The van der Waals surface area contributed by atoms with Gasteiger partial charge in [-0.25, -0.2) is 15.0 Å². The lowest BCUT2D eigenvalue weighted by Crippen LogP contribution is -2.01. The van der Waals surface area contributed by atoms with Crippen molar-refractivity contribution in [2.24, 2.45) is 0 Å². The summed E-state index contributed by atoms with van der Waals surface area (Å²) in [5.74, 6) is 1.19. The molecule has 0 unspecified atom stereocenters. The van der Waals surface area contributed by atoms with E-state index >= 15 is 0 Å². The summed E-state index contributed by atoms with van der Waals surface area (Å²) in [4.78, 5) is 12.4. The molecule has 1 aromatic carbocycles. The number of nitrogens with two attached hydrogens (primary N) is 1. The third-order valence-corrected chi connectivity index (χ3v) is 3.80. The highest BCUT2D eigenvalue weighted by Crippen LogP contribution is 2.24. The van der Waals surface area contributed by atoms with Crippen LogP contribution in [0.1, 0.15) is 5.56 Å². The number of hydrogen-bond acceptors (Lipinski definition) is 5. The smallest absolute Gasteiger partial charge is 0.165 e. The molecule has 0 fully saturated rings. The van der Waals surface area contributed by atoms with Crippen LogP contribution in [-0.2, 0) is 6.54 Å². The Bertz CT molecular complexity index is 771. The van der Waals surface area contributed by atoms with Gasteiger partial charge in [0.15, 0.2) is 11.5 Å². The van der Waals surface area contributed by atoms with Crippen LogP contribution in [0.25, 0.3) is 11.2 Å². The van der Waals surface area contributed by atoms with Gasteiger partial charge in [0.2, 0.25) is 0 Å². The quantitative estimate of drug-likeness (QED) is 0.795. The summed E-state index contributed by atoms with van der Waals surface area (Å²) in [6.45, 7) is 0.616. The van der Waals surface area contributed by atoms with Gasteiger partial charge in [0.25, 0.3) is 0 Å². The maximum atomic E-state index is 5.78. The van der Waals surface area contributed by atoms with Crippen molar-refractivity contribution in [2.45, 2.75) is 6.54 Å². The first kappa shape index (κ1) is 12.9. The van der Waals surface area contributed by atoms with Crippen LogP contribution in [0.15, 0.2) is 35.3 Å². The first-order valence-corrected chi connectivity index (χ1v) is 6.72. The summed E-state index contributed by atoms with van der Waals surface area (Å²) in [5.41, 5.74) is 8.18. The van der Waals surface area contributed by atoms with Crippen molar-refractivity contribution >= 4 is 32.9 Å². The van der Waals surface area contributed by atoms with Crippen molar-refractivity contribution in [1.82, 2.24) is 19.5 Å². The molecule has 2 heterocycles. The minimum Gasteiger partial charge on any atom is -0.497 e. The maximum Gasteiger partial charge on any atom is 0.165 e. The molecule has 0 amide bonds. The zero-order chi connectivity index (χ0) is 14.1. The summed E-state index contributed by atoms with van der Waals surface area (Å²) in [5, 5.41) is 0. The Balaban J connectivity index is 2.03. The van der Waals surface area contributed by atoms with Gasteiger partial charge < -0.3 is 15.0 Å². The normalized spacial score (nSPS) is 10.9. The van der Waals surface area contributed by atoms with E-state index in [2.05, 4.69) is 30.9 Å². The van der Waals surface area contributed by atoms with E-state index in [9.17, 15) is 0 Å². The van der Waals surface area contributed by atoms with Crippen LogP contribution in [0.3, 0.4) is 0 Å². The third-order valence-electron chi connectivity index (χ3n) is 3.02. The molecule has 0 saturated carbocycles. The van der Waals surface area contributed by atoms with Gasteiger partial charge in [0.1, 0.15) is 17.6 Å². The molecular weight excluding hydrogens is 322 g/mol. The molecule has 0 aliphatic carbocycles. The molecule has 2 aromatic heterocycles. The number of benzene rings is 1. The summed E-state index contributed by atoms with van der Waals surface area (Å²) >= 11 is 3.54. The molecule has 102 valence electrons. The van der Waals surface area contributed by atoms with Crippen molar-refractivity contribution in [3.63, 3.8) is 0 Å². The number of rotatable bonds is 3. The molecule has 0 saturated heterocycles. The molecule has 20 heavy (non-hydrogen) atoms. The van der Waals surface area contributed by atoms with Gasteiger partial charge >= 0.3 is 0 Å². The Labute approximate surface area is 123 Å². The first-order chi connectivity index (χ1) is 9.69. The van der Waals surface area contributed by atoms with Crippen LogP contribution in [0.5, 0.6) is 5.75 Å². The largest absolute Gasteiger partial charge is 0.497 e. The van der Waals surface area contributed by atoms with Crippen molar-refractivity contribution in [3.05, 3.63) is 40.9 Å². The number of halogens is 1. The van der Waals surface area contributed by atoms with Gasteiger partial charge in [0.05, 0.1) is 20.0 Å². The average Bonchev–Trinajstić information content (AvgIpc) is 2.86. The molecule has 0 spiro atoms. The van der Waals surface area contributed by atoms with E-state index in [1.807, 2.05) is 22.8 Å². The molecule has 0 atom stereocenters. The minimum absolute atomic E-state index is 0.387. The van der Waals surface area contributed by atoms with E-state index in [4.69, 9.17) is 10.5 Å². The lowest BCUT2D eigenvalue weighted by Gasteiger charge is -2.08. The van der Waals surface area contributed by atoms with Gasteiger partial charge in [-0.05, 0) is 23.8 Å². The SMILES string of the molecule is COc1ccc(Br)c(Cn2cnc3c(N)ncnc32)c1. The highest BCUT2D eigenvalue weighted by Gasteiger charge is 2.10. The summed E-state index contributed by atoms with van der Waals surface area (Å²) < 4.78 is 8.17. The fourth-order valence-electron chi connectivity index (χ4n) is 2.00. The molecule has 7 heteroatoms. The highest BCUT2D eigenvalue weighted by molar-refractivity contribution is 9.10. The first-order valence-electron chi connectivity index (χ1n) is 5.93. The number of nitrogen functional groups attached to an aromatic ring is 1. The van der Waals surface area contributed by atoms with Gasteiger partial charge in [-0.2, -0.15) is 0 Å². The molecule has 3 aromatic rings. The molecule has 0 aliphatic rings. The van der Waals surface area contributed by atoms with E-state index in [-0.39, 0.29) is 0 Å². The van der Waals surface area contributed by atoms with Crippen molar-refractivity contribution < 1.29 is 4.74 Å². The number of nitrogens with zero attached hydrogens (tertiary/aromatic N) is 4. The second kappa shape index (κ2) is 5.09. The van der Waals surface area contributed by atoms with Crippen molar-refractivity contribution in [1.29, 1.82) is 0 Å². The van der Waals surface area contributed by atoms with Crippen LogP contribution < -0.4 is 10.5 Å². The van der Waals surface area contributed by atoms with Crippen LogP contribution in [0, 0.1) is 0 Å². The van der Waals surface area contributed by atoms with Crippen LogP contribution in [0.4, 0.5) is 5.82 Å². The second-order valence-electron chi connectivity index (χ2n) is 4.26. The molecular formula is C13H12BrN5O. The predicted molar refractivity (Wildman–Crippen MR) is 79.5 cm³/mol. The highest BCUT2D eigenvalue weighted by atomic mass is 79.9. The number of imidazole rings is 1. The number of hydrogen-bond donors (Lipinski definition) is 1. The zero-order valence-corrected chi connectivity index (χ0v) is 12.3. The van der Waals surface area contributed by atoms with E-state index in [1.165, 1.54) is 6.33 Å². The van der Waals surface area contributed by atoms with E-state index in [0.717, 1.165) is 15.8 Å². The molecule has 2 N–H and O–H groups in total. The Morgan fingerprint density at radius 2 is 2.15 bits per heavy atom. The maximum absolute atomic E-state index is 5.78. The van der Waals surface area contributed by atoms with Gasteiger partial charge in [-0.3, -0.25) is 0 Å². The monoisotopic (exact) mass is 333 g/mol. The predicted octanol–water partition coefficient (Wildman–Crippen LogP) is 2.23. The Morgan fingerprint density at radius 3 is 2.95 bits per heavy atom. The van der Waals surface area contributed by atoms with E-state index < -0.39 is 0 Å². The van der Waals surface area contributed by atoms with Crippen LogP contribution in [0.2, 0.25) is 0 Å². The van der Waals surface area contributed by atoms with E-state index in [1.54, 1.807) is 13.4 Å². The van der Waals surface area contributed by atoms with Gasteiger partial charge in [-0.15, -0.1) is 0 Å². The molecule has 6 nitrogen and oxygen atoms in total. The molecule has 0 bridgehead atoms. The molecule has 0 aliphatic heterocycles. The second-order valence-corrected chi connectivity index (χ2v) is 5.12. The topological polar surface area (TPSA) is 78.9 Å².